The van der Waals surface area contributed by atoms with E-state index in [9.17, 15) is 4.79 Å². The average Bonchev–Trinajstić information content (AvgIpc) is 2.61. The second-order valence-corrected chi connectivity index (χ2v) is 5.49. The molecule has 0 aliphatic carbocycles. The molecular weight excluding hydrogens is 284 g/mol. The summed E-state index contributed by atoms with van der Waals surface area (Å²) >= 11 is 0. The van der Waals surface area contributed by atoms with Crippen LogP contribution >= 0.6 is 0 Å². The zero-order valence-electron chi connectivity index (χ0n) is 12.8. The van der Waals surface area contributed by atoms with Gasteiger partial charge in [-0.05, 0) is 47.5 Å². The molecule has 3 rings (SSSR count). The third kappa shape index (κ3) is 3.22. The fourth-order valence-corrected chi connectivity index (χ4v) is 2.57. The summed E-state index contributed by atoms with van der Waals surface area (Å²) in [4.78, 5) is 12.3. The van der Waals surface area contributed by atoms with E-state index in [0.717, 1.165) is 10.9 Å². The Kier molecular flexibility index (Phi) is 4.07. The number of fused-ring (bicyclic) bond motifs is 1. The summed E-state index contributed by atoms with van der Waals surface area (Å²) in [6.07, 6.45) is 0. The molecule has 1 amide bonds. The van der Waals surface area contributed by atoms with E-state index in [1.807, 2.05) is 31.2 Å². The van der Waals surface area contributed by atoms with Crippen molar-refractivity contribution in [3.8, 4) is 6.07 Å². The largest absolute Gasteiger partial charge is 0.346 e. The van der Waals surface area contributed by atoms with Gasteiger partial charge in [0.05, 0.1) is 17.7 Å². The Hall–Kier alpha value is -3.12. The van der Waals surface area contributed by atoms with Crippen LogP contribution in [0.2, 0.25) is 0 Å². The molecule has 3 nitrogen and oxygen atoms in total. The Morgan fingerprint density at radius 3 is 2.57 bits per heavy atom. The third-order valence-corrected chi connectivity index (χ3v) is 3.87. The molecule has 1 unspecified atom stereocenters. The first-order valence-corrected chi connectivity index (χ1v) is 7.47. The van der Waals surface area contributed by atoms with Crippen LogP contribution in [-0.2, 0) is 0 Å². The van der Waals surface area contributed by atoms with Crippen LogP contribution in [0.1, 0.15) is 34.5 Å². The van der Waals surface area contributed by atoms with E-state index < -0.39 is 0 Å². The molecule has 0 saturated carbocycles. The highest BCUT2D eigenvalue weighted by Crippen LogP contribution is 2.20. The highest BCUT2D eigenvalue weighted by molar-refractivity contribution is 5.94. The van der Waals surface area contributed by atoms with Gasteiger partial charge in [-0.15, -0.1) is 0 Å². The van der Waals surface area contributed by atoms with Crippen molar-refractivity contribution in [2.45, 2.75) is 13.0 Å². The number of carbonyl (C=O) groups excluding carboxylic acids is 1. The van der Waals surface area contributed by atoms with E-state index in [0.29, 0.717) is 11.1 Å². The second kappa shape index (κ2) is 6.33. The van der Waals surface area contributed by atoms with E-state index in [-0.39, 0.29) is 11.9 Å². The van der Waals surface area contributed by atoms with Gasteiger partial charge in [-0.2, -0.15) is 5.26 Å². The first-order chi connectivity index (χ1) is 11.2. The predicted octanol–water partition coefficient (Wildman–Crippen LogP) is 4.20. The quantitative estimate of drug-likeness (QED) is 0.788. The van der Waals surface area contributed by atoms with Crippen molar-refractivity contribution < 1.29 is 4.79 Å². The molecule has 3 heteroatoms. The van der Waals surface area contributed by atoms with Crippen LogP contribution < -0.4 is 5.32 Å². The van der Waals surface area contributed by atoms with Gasteiger partial charge in [-0.25, -0.2) is 0 Å². The lowest BCUT2D eigenvalue weighted by Gasteiger charge is -2.15. The first-order valence-electron chi connectivity index (χ1n) is 7.47. The fraction of sp³-hybridized carbons (Fsp3) is 0.100. The number of nitrogens with zero attached hydrogens (tertiary/aromatic N) is 1. The minimum atomic E-state index is -0.178. The van der Waals surface area contributed by atoms with Gasteiger partial charge in [-0.3, -0.25) is 4.79 Å². The predicted molar refractivity (Wildman–Crippen MR) is 91.0 cm³/mol. The summed E-state index contributed by atoms with van der Waals surface area (Å²) in [5.41, 5.74) is 2.03. The SMILES string of the molecule is CC(NC(=O)c1cccc(C#N)c1)c1ccc2ccccc2c1. The Bertz CT molecular complexity index is 909. The molecule has 0 aliphatic heterocycles. The van der Waals surface area contributed by atoms with Crippen LogP contribution in [0, 0.1) is 11.3 Å². The lowest BCUT2D eigenvalue weighted by Crippen LogP contribution is -2.26. The number of amides is 1. The van der Waals surface area contributed by atoms with Gasteiger partial charge >= 0.3 is 0 Å². The maximum Gasteiger partial charge on any atom is 0.251 e. The van der Waals surface area contributed by atoms with Gasteiger partial charge < -0.3 is 5.32 Å². The van der Waals surface area contributed by atoms with Crippen LogP contribution in [0.4, 0.5) is 0 Å². The van der Waals surface area contributed by atoms with Crippen molar-refractivity contribution in [3.63, 3.8) is 0 Å². The van der Waals surface area contributed by atoms with Gasteiger partial charge in [0.2, 0.25) is 0 Å². The highest BCUT2D eigenvalue weighted by atomic mass is 16.1. The van der Waals surface area contributed by atoms with Crippen LogP contribution in [0.3, 0.4) is 0 Å². The second-order valence-electron chi connectivity index (χ2n) is 5.49. The average molecular weight is 300 g/mol. The molecule has 23 heavy (non-hydrogen) atoms. The molecule has 0 heterocycles. The Balaban J connectivity index is 1.80. The van der Waals surface area contributed by atoms with Crippen LogP contribution in [0.25, 0.3) is 10.8 Å². The number of nitriles is 1. The Labute approximate surface area is 135 Å². The third-order valence-electron chi connectivity index (χ3n) is 3.87. The van der Waals surface area contributed by atoms with Crippen LogP contribution in [0.5, 0.6) is 0 Å². The van der Waals surface area contributed by atoms with E-state index in [1.54, 1.807) is 24.3 Å². The first kappa shape index (κ1) is 14.8. The van der Waals surface area contributed by atoms with Gasteiger partial charge in [0.1, 0.15) is 0 Å². The Morgan fingerprint density at radius 1 is 1.00 bits per heavy atom. The minimum Gasteiger partial charge on any atom is -0.346 e. The number of benzene rings is 3. The maximum absolute atomic E-state index is 12.3. The van der Waals surface area contributed by atoms with Crippen molar-refractivity contribution >= 4 is 16.7 Å². The highest BCUT2D eigenvalue weighted by Gasteiger charge is 2.12. The molecule has 0 spiro atoms. The van der Waals surface area contributed by atoms with Crippen molar-refractivity contribution in [1.29, 1.82) is 5.26 Å². The summed E-state index contributed by atoms with van der Waals surface area (Å²) in [5.74, 6) is -0.178. The summed E-state index contributed by atoms with van der Waals surface area (Å²) < 4.78 is 0. The van der Waals surface area contributed by atoms with E-state index in [1.165, 1.54) is 5.39 Å². The molecule has 0 radical (unpaired) electrons. The monoisotopic (exact) mass is 300 g/mol. The molecule has 0 aromatic heterocycles. The zero-order chi connectivity index (χ0) is 16.2. The van der Waals surface area contributed by atoms with Gasteiger partial charge in [0.15, 0.2) is 0 Å². The lowest BCUT2D eigenvalue weighted by atomic mass is 10.0. The molecule has 0 saturated heterocycles. The van der Waals surface area contributed by atoms with E-state index in [2.05, 4.69) is 29.6 Å². The minimum absolute atomic E-state index is 0.113. The Morgan fingerprint density at radius 2 is 1.78 bits per heavy atom. The van der Waals surface area contributed by atoms with Crippen molar-refractivity contribution in [2.75, 3.05) is 0 Å². The van der Waals surface area contributed by atoms with Crippen molar-refractivity contribution in [2.24, 2.45) is 0 Å². The molecule has 0 aliphatic rings. The standard InChI is InChI=1S/C20H16N2O/c1-14(17-10-9-16-6-2-3-7-18(16)12-17)22-20(23)19-8-4-5-15(11-19)13-21/h2-12,14H,1H3,(H,22,23). The number of hydrogen-bond donors (Lipinski definition) is 1. The maximum atomic E-state index is 12.3. The van der Waals surface area contributed by atoms with E-state index in [4.69, 9.17) is 5.26 Å². The van der Waals surface area contributed by atoms with Gasteiger partial charge in [-0.1, -0.05) is 42.5 Å². The molecule has 0 bridgehead atoms. The van der Waals surface area contributed by atoms with Crippen molar-refractivity contribution in [3.05, 3.63) is 83.4 Å². The van der Waals surface area contributed by atoms with Crippen LogP contribution in [0.15, 0.2) is 66.7 Å². The fourth-order valence-electron chi connectivity index (χ4n) is 2.57. The summed E-state index contributed by atoms with van der Waals surface area (Å²) in [6, 6.07) is 23.0. The lowest BCUT2D eigenvalue weighted by molar-refractivity contribution is 0.0940. The van der Waals surface area contributed by atoms with E-state index >= 15 is 0 Å². The number of nitrogens with one attached hydrogen (secondary N) is 1. The molecule has 1 atom stereocenters. The zero-order valence-corrected chi connectivity index (χ0v) is 12.8. The van der Waals surface area contributed by atoms with Crippen molar-refractivity contribution in [1.82, 2.24) is 5.32 Å². The molecule has 3 aromatic rings. The molecule has 0 fully saturated rings. The number of rotatable bonds is 3. The normalized spacial score (nSPS) is 11.7. The summed E-state index contributed by atoms with van der Waals surface area (Å²) in [7, 11) is 0. The molecule has 1 N–H and O–H groups in total. The van der Waals surface area contributed by atoms with Crippen LogP contribution in [-0.4, -0.2) is 5.91 Å². The van der Waals surface area contributed by atoms with Gasteiger partial charge in [0, 0.05) is 5.56 Å². The molecule has 112 valence electrons. The molecule has 3 aromatic carbocycles. The van der Waals surface area contributed by atoms with Gasteiger partial charge in [0.25, 0.3) is 5.91 Å². The summed E-state index contributed by atoms with van der Waals surface area (Å²) in [5, 5.41) is 14.2. The smallest absolute Gasteiger partial charge is 0.251 e. The molecular formula is C20H16N2O. The summed E-state index contributed by atoms with van der Waals surface area (Å²) in [6.45, 7) is 1.95. The number of carbonyl (C=O) groups is 1. The topological polar surface area (TPSA) is 52.9 Å². The number of hydrogen-bond acceptors (Lipinski definition) is 2.